The molecular weight excluding hydrogens is 390 g/mol. The minimum Gasteiger partial charge on any atom is -0.487 e. The van der Waals surface area contributed by atoms with Crippen molar-refractivity contribution < 1.29 is 19.2 Å². The number of imidazole rings is 1. The molecule has 0 saturated carbocycles. The molecule has 0 radical (unpaired) electrons. The van der Waals surface area contributed by atoms with Crippen LogP contribution in [0.3, 0.4) is 0 Å². The van der Waals surface area contributed by atoms with Crippen LogP contribution in [0.2, 0.25) is 0 Å². The Morgan fingerprint density at radius 3 is 2.80 bits per heavy atom. The van der Waals surface area contributed by atoms with Gasteiger partial charge in [0, 0.05) is 19.6 Å². The van der Waals surface area contributed by atoms with Gasteiger partial charge in [-0.25, -0.2) is 9.61 Å². The average molecular weight is 417 g/mol. The van der Waals surface area contributed by atoms with E-state index in [1.165, 1.54) is 0 Å². The van der Waals surface area contributed by atoms with Crippen molar-refractivity contribution >= 4 is 16.9 Å². The third-order valence-electron chi connectivity index (χ3n) is 5.12. The van der Waals surface area contributed by atoms with E-state index in [4.69, 9.17) is 24.8 Å². The highest BCUT2D eigenvalue weighted by Gasteiger charge is 2.29. The van der Waals surface area contributed by atoms with Gasteiger partial charge in [-0.1, -0.05) is 0 Å². The maximum absolute atomic E-state index is 10.6. The molecule has 1 fully saturated rings. The zero-order chi connectivity index (χ0) is 21.5. The molecule has 0 amide bonds. The maximum atomic E-state index is 10.6. The average Bonchev–Trinajstić information content (AvgIpc) is 3.28. The fourth-order valence-electron chi connectivity index (χ4n) is 3.66. The Bertz CT molecular complexity index is 1040. The van der Waals surface area contributed by atoms with E-state index in [0.717, 1.165) is 13.1 Å². The third-order valence-corrected chi connectivity index (χ3v) is 5.12. The molecule has 162 valence electrons. The number of anilines is 1. The molecular formula is C19H27N7O4. The molecule has 1 atom stereocenters. The summed E-state index contributed by atoms with van der Waals surface area (Å²) in [4.78, 5) is 11.4. The van der Waals surface area contributed by atoms with E-state index >= 15 is 0 Å². The molecule has 1 aliphatic heterocycles. The summed E-state index contributed by atoms with van der Waals surface area (Å²) in [6.07, 6.45) is 1.57. The predicted octanol–water partition coefficient (Wildman–Crippen LogP) is 1.02. The molecule has 0 unspecified atom stereocenters. The zero-order valence-electron chi connectivity index (χ0n) is 17.6. The fourth-order valence-corrected chi connectivity index (χ4v) is 3.66. The van der Waals surface area contributed by atoms with Crippen molar-refractivity contribution in [2.75, 3.05) is 39.1 Å². The number of fused-ring (bicyclic) bond motifs is 1. The van der Waals surface area contributed by atoms with Crippen LogP contribution in [-0.4, -0.2) is 74.3 Å². The minimum absolute atomic E-state index is 0.0411. The number of hydrogen-bond donors (Lipinski definition) is 2. The van der Waals surface area contributed by atoms with Crippen LogP contribution in [0.5, 0.6) is 5.75 Å². The number of hydrogen-bond acceptors (Lipinski definition) is 10. The Morgan fingerprint density at radius 1 is 1.37 bits per heavy atom. The van der Waals surface area contributed by atoms with Gasteiger partial charge in [0.05, 0.1) is 18.5 Å². The number of likely N-dealkylation sites (N-methyl/N-ethyl adjacent to an activating group) is 1. The number of morpholine rings is 1. The van der Waals surface area contributed by atoms with Gasteiger partial charge in [0.1, 0.15) is 29.3 Å². The topological polar surface area (TPSA) is 138 Å². The quantitative estimate of drug-likeness (QED) is 0.598. The first kappa shape index (κ1) is 20.5. The number of rotatable bonds is 6. The van der Waals surface area contributed by atoms with E-state index in [9.17, 15) is 5.11 Å². The smallest absolute Gasteiger partial charge is 0.199 e. The van der Waals surface area contributed by atoms with Crippen molar-refractivity contribution in [3.8, 4) is 17.3 Å². The third kappa shape index (κ3) is 3.71. The summed E-state index contributed by atoms with van der Waals surface area (Å²) in [6.45, 7) is 8.61. The van der Waals surface area contributed by atoms with Crippen LogP contribution in [0.15, 0.2) is 10.8 Å². The van der Waals surface area contributed by atoms with Crippen molar-refractivity contribution in [1.29, 1.82) is 0 Å². The Labute approximate surface area is 173 Å². The SMILES string of the molecule is CCn1c(-c2nonc2N)nc2c(C(C)(C)O)ncc(OC[C@@H]3CN(C)CCO3)c21. The molecule has 30 heavy (non-hydrogen) atoms. The van der Waals surface area contributed by atoms with Crippen LogP contribution in [0.4, 0.5) is 5.82 Å². The van der Waals surface area contributed by atoms with Gasteiger partial charge in [-0.3, -0.25) is 4.98 Å². The molecule has 0 bridgehead atoms. The first-order valence-corrected chi connectivity index (χ1v) is 9.93. The highest BCUT2D eigenvalue weighted by Crippen LogP contribution is 2.36. The van der Waals surface area contributed by atoms with E-state index in [-0.39, 0.29) is 11.9 Å². The fraction of sp³-hybridized carbons (Fsp3) is 0.579. The Kier molecular flexibility index (Phi) is 5.35. The summed E-state index contributed by atoms with van der Waals surface area (Å²) >= 11 is 0. The Hall–Kier alpha value is -2.76. The summed E-state index contributed by atoms with van der Waals surface area (Å²) in [7, 11) is 2.06. The first-order valence-electron chi connectivity index (χ1n) is 9.93. The van der Waals surface area contributed by atoms with E-state index < -0.39 is 5.60 Å². The number of nitrogen functional groups attached to an aromatic ring is 1. The number of pyridine rings is 1. The Balaban J connectivity index is 1.81. The van der Waals surface area contributed by atoms with Crippen molar-refractivity contribution in [2.45, 2.75) is 39.0 Å². The molecule has 1 aliphatic rings. The Morgan fingerprint density at radius 2 is 2.17 bits per heavy atom. The molecule has 4 rings (SSSR count). The molecule has 0 spiro atoms. The van der Waals surface area contributed by atoms with Crippen LogP contribution in [0, 0.1) is 0 Å². The molecule has 3 aromatic rings. The van der Waals surface area contributed by atoms with Gasteiger partial charge in [-0.2, -0.15) is 0 Å². The highest BCUT2D eigenvalue weighted by molar-refractivity contribution is 5.88. The molecule has 3 aromatic heterocycles. The summed E-state index contributed by atoms with van der Waals surface area (Å²) < 4.78 is 18.6. The zero-order valence-corrected chi connectivity index (χ0v) is 17.6. The van der Waals surface area contributed by atoms with Crippen molar-refractivity contribution in [3.05, 3.63) is 11.9 Å². The van der Waals surface area contributed by atoms with Gasteiger partial charge in [0.2, 0.25) is 0 Å². The lowest BCUT2D eigenvalue weighted by molar-refractivity contribution is -0.0402. The number of aryl methyl sites for hydroxylation is 1. The second-order valence-corrected chi connectivity index (χ2v) is 7.97. The number of aliphatic hydroxyl groups is 1. The largest absolute Gasteiger partial charge is 0.487 e. The van der Waals surface area contributed by atoms with Crippen molar-refractivity contribution in [3.63, 3.8) is 0 Å². The van der Waals surface area contributed by atoms with Crippen molar-refractivity contribution in [2.24, 2.45) is 0 Å². The normalized spacial score (nSPS) is 18.2. The number of aromatic nitrogens is 5. The molecule has 0 aliphatic carbocycles. The van der Waals surface area contributed by atoms with Crippen molar-refractivity contribution in [1.82, 2.24) is 29.7 Å². The number of nitrogens with zero attached hydrogens (tertiary/aromatic N) is 6. The van der Waals surface area contributed by atoms with Crippen LogP contribution < -0.4 is 10.5 Å². The first-order chi connectivity index (χ1) is 14.3. The summed E-state index contributed by atoms with van der Waals surface area (Å²) in [5, 5.41) is 18.2. The molecule has 0 aromatic carbocycles. The van der Waals surface area contributed by atoms with E-state index in [1.54, 1.807) is 20.0 Å². The standard InChI is InChI=1S/C19H27N7O4/c1-5-26-15-12(29-10-11-9-25(4)6-7-28-11)8-21-16(19(2,3)27)13(15)22-18(26)14-17(20)24-30-23-14/h8,11,27H,5-7,9-10H2,1-4H3,(H2,20,24)/t11-/m0/s1. The van der Waals surface area contributed by atoms with E-state index in [2.05, 4.69) is 27.2 Å². The minimum atomic E-state index is -1.20. The molecule has 11 heteroatoms. The lowest BCUT2D eigenvalue weighted by Crippen LogP contribution is -2.42. The van der Waals surface area contributed by atoms with Gasteiger partial charge in [0.15, 0.2) is 23.1 Å². The second-order valence-electron chi connectivity index (χ2n) is 7.97. The molecule has 3 N–H and O–H groups in total. The van der Waals surface area contributed by atoms with E-state index in [0.29, 0.717) is 53.8 Å². The molecule has 1 saturated heterocycles. The number of nitrogens with two attached hydrogens (primary N) is 1. The van der Waals surface area contributed by atoms with Crippen LogP contribution >= 0.6 is 0 Å². The van der Waals surface area contributed by atoms with Gasteiger partial charge >= 0.3 is 0 Å². The second kappa shape index (κ2) is 7.82. The predicted molar refractivity (Wildman–Crippen MR) is 109 cm³/mol. The van der Waals surface area contributed by atoms with Crippen LogP contribution in [-0.2, 0) is 16.9 Å². The summed E-state index contributed by atoms with van der Waals surface area (Å²) in [5.74, 6) is 1.16. The molecule has 11 nitrogen and oxygen atoms in total. The number of ether oxygens (including phenoxy) is 2. The lowest BCUT2D eigenvalue weighted by Gasteiger charge is -2.30. The van der Waals surface area contributed by atoms with Gasteiger partial charge in [-0.05, 0) is 38.1 Å². The van der Waals surface area contributed by atoms with Gasteiger partial charge in [0.25, 0.3) is 0 Å². The monoisotopic (exact) mass is 417 g/mol. The van der Waals surface area contributed by atoms with Gasteiger partial charge in [-0.15, -0.1) is 0 Å². The summed E-state index contributed by atoms with van der Waals surface area (Å²) in [6, 6.07) is 0. The lowest BCUT2D eigenvalue weighted by atomic mass is 10.0. The maximum Gasteiger partial charge on any atom is 0.199 e. The van der Waals surface area contributed by atoms with Crippen LogP contribution in [0.25, 0.3) is 22.6 Å². The van der Waals surface area contributed by atoms with E-state index in [1.807, 2.05) is 11.5 Å². The summed E-state index contributed by atoms with van der Waals surface area (Å²) in [5.41, 5.74) is 6.69. The van der Waals surface area contributed by atoms with Gasteiger partial charge < -0.3 is 29.8 Å². The van der Waals surface area contributed by atoms with Crippen LogP contribution in [0.1, 0.15) is 26.5 Å². The highest BCUT2D eigenvalue weighted by atomic mass is 16.6. The molecule has 4 heterocycles.